The Balaban J connectivity index is 1.72. The van der Waals surface area contributed by atoms with Crippen molar-refractivity contribution in [3.8, 4) is 10.6 Å². The van der Waals surface area contributed by atoms with E-state index in [1.54, 1.807) is 13.0 Å². The van der Waals surface area contributed by atoms with Crippen LogP contribution in [0.3, 0.4) is 0 Å². The van der Waals surface area contributed by atoms with Gasteiger partial charge in [0.25, 0.3) is 0 Å². The van der Waals surface area contributed by atoms with Gasteiger partial charge in [-0.15, -0.1) is 21.5 Å². The first kappa shape index (κ1) is 17.5. The minimum absolute atomic E-state index is 0.0384. The van der Waals surface area contributed by atoms with Crippen molar-refractivity contribution in [2.24, 2.45) is 0 Å². The van der Waals surface area contributed by atoms with Crippen LogP contribution >= 0.6 is 22.7 Å². The molecule has 3 rings (SSSR count). The molecule has 9 nitrogen and oxygen atoms in total. The number of anilines is 1. The minimum atomic E-state index is -3.76. The van der Waals surface area contributed by atoms with Crippen LogP contribution in [-0.2, 0) is 20.3 Å². The molecule has 0 unspecified atom stereocenters. The second kappa shape index (κ2) is 7.29. The zero-order valence-corrected chi connectivity index (χ0v) is 15.3. The number of hydrogen-bond donors (Lipinski definition) is 1. The lowest BCUT2D eigenvalue weighted by Crippen LogP contribution is -2.12. The fraction of sp³-hybridized carbons (Fsp3) is 0.231. The van der Waals surface area contributed by atoms with Crippen LogP contribution in [0.5, 0.6) is 0 Å². The lowest BCUT2D eigenvalue weighted by Gasteiger charge is -1.99. The van der Waals surface area contributed by atoms with Gasteiger partial charge < -0.3 is 9.26 Å². The van der Waals surface area contributed by atoms with Gasteiger partial charge in [-0.3, -0.25) is 5.32 Å². The molecule has 1 amide bonds. The summed E-state index contributed by atoms with van der Waals surface area (Å²) in [4.78, 5) is 12.2. The molecule has 0 atom stereocenters. The number of amides is 1. The summed E-state index contributed by atoms with van der Waals surface area (Å²) < 4.78 is 34.4. The Kier molecular flexibility index (Phi) is 5.11. The molecule has 0 fully saturated rings. The van der Waals surface area contributed by atoms with Crippen LogP contribution in [0.4, 0.5) is 9.93 Å². The number of nitrogens with one attached hydrogen (secondary N) is 1. The fourth-order valence-electron chi connectivity index (χ4n) is 1.81. The Hall–Kier alpha value is -2.31. The number of sulfone groups is 1. The normalized spacial score (nSPS) is 11.4. The maximum Gasteiger partial charge on any atom is 0.413 e. The molecule has 0 radical (unpaired) electrons. The summed E-state index contributed by atoms with van der Waals surface area (Å²) in [7, 11) is -3.76. The fourth-order valence-corrected chi connectivity index (χ4v) is 4.68. The van der Waals surface area contributed by atoms with Crippen LogP contribution in [0, 0.1) is 0 Å². The quantitative estimate of drug-likeness (QED) is 0.626. The highest BCUT2D eigenvalue weighted by atomic mass is 32.2. The minimum Gasteiger partial charge on any atom is -0.450 e. The van der Waals surface area contributed by atoms with E-state index in [2.05, 4.69) is 20.7 Å². The van der Waals surface area contributed by atoms with Crippen molar-refractivity contribution >= 4 is 43.7 Å². The SMILES string of the molecule is CCOC(=O)Nc1nnc(S(=O)(=O)Cc2cc(-c3cccs3)on2)s1. The first-order chi connectivity index (χ1) is 12.0. The topological polar surface area (TPSA) is 124 Å². The Labute approximate surface area is 150 Å². The van der Waals surface area contributed by atoms with Gasteiger partial charge in [-0.05, 0) is 18.4 Å². The Bertz CT molecular complexity index is 962. The van der Waals surface area contributed by atoms with Crippen molar-refractivity contribution in [1.29, 1.82) is 0 Å². The van der Waals surface area contributed by atoms with E-state index >= 15 is 0 Å². The van der Waals surface area contributed by atoms with E-state index in [1.165, 1.54) is 11.3 Å². The van der Waals surface area contributed by atoms with Crippen LogP contribution < -0.4 is 5.32 Å². The first-order valence-electron chi connectivity index (χ1n) is 6.97. The number of aromatic nitrogens is 3. The molecule has 3 aromatic rings. The predicted octanol–water partition coefficient (Wildman–Crippen LogP) is 2.80. The van der Waals surface area contributed by atoms with Gasteiger partial charge in [0.15, 0.2) is 5.76 Å². The van der Waals surface area contributed by atoms with Gasteiger partial charge in [0.2, 0.25) is 19.3 Å². The number of hydrogen-bond acceptors (Lipinski definition) is 10. The molecule has 0 aliphatic heterocycles. The Morgan fingerprint density at radius 1 is 1.40 bits per heavy atom. The maximum atomic E-state index is 12.4. The molecule has 132 valence electrons. The molecule has 12 heteroatoms. The van der Waals surface area contributed by atoms with E-state index in [1.807, 2.05) is 17.5 Å². The molecule has 0 bridgehead atoms. The lowest BCUT2D eigenvalue weighted by atomic mass is 10.3. The summed E-state index contributed by atoms with van der Waals surface area (Å²) in [6.07, 6.45) is -0.723. The molecular weight excluding hydrogens is 388 g/mol. The summed E-state index contributed by atoms with van der Waals surface area (Å²) in [6, 6.07) is 5.28. The van der Waals surface area contributed by atoms with E-state index in [0.717, 1.165) is 16.2 Å². The molecule has 0 aliphatic rings. The van der Waals surface area contributed by atoms with Crippen molar-refractivity contribution in [2.45, 2.75) is 17.0 Å². The second-order valence-electron chi connectivity index (χ2n) is 4.64. The summed E-state index contributed by atoms with van der Waals surface area (Å²) in [5, 5.41) is 15.2. The Morgan fingerprint density at radius 3 is 2.96 bits per heavy atom. The maximum absolute atomic E-state index is 12.4. The molecule has 0 aromatic carbocycles. The number of carbonyl (C=O) groups is 1. The van der Waals surface area contributed by atoms with Crippen molar-refractivity contribution in [1.82, 2.24) is 15.4 Å². The molecule has 0 saturated heterocycles. The summed E-state index contributed by atoms with van der Waals surface area (Å²) in [6.45, 7) is 1.84. The zero-order valence-electron chi connectivity index (χ0n) is 12.8. The van der Waals surface area contributed by atoms with Gasteiger partial charge in [0.1, 0.15) is 5.75 Å². The van der Waals surface area contributed by atoms with E-state index in [-0.39, 0.29) is 27.5 Å². The van der Waals surface area contributed by atoms with Gasteiger partial charge in [-0.25, -0.2) is 13.2 Å². The van der Waals surface area contributed by atoms with E-state index < -0.39 is 15.9 Å². The summed E-state index contributed by atoms with van der Waals surface area (Å²) in [5.41, 5.74) is 0.263. The van der Waals surface area contributed by atoms with Gasteiger partial charge in [-0.1, -0.05) is 22.6 Å². The molecule has 25 heavy (non-hydrogen) atoms. The molecule has 1 N–H and O–H groups in total. The largest absolute Gasteiger partial charge is 0.450 e. The number of nitrogens with zero attached hydrogens (tertiary/aromatic N) is 3. The summed E-state index contributed by atoms with van der Waals surface area (Å²) >= 11 is 2.20. The molecule has 3 aromatic heterocycles. The van der Waals surface area contributed by atoms with Gasteiger partial charge >= 0.3 is 6.09 Å². The van der Waals surface area contributed by atoms with Crippen LogP contribution in [0.25, 0.3) is 10.6 Å². The number of thiophene rings is 1. The highest BCUT2D eigenvalue weighted by Gasteiger charge is 2.24. The van der Waals surface area contributed by atoms with Crippen LogP contribution in [0.2, 0.25) is 0 Å². The first-order valence-corrected chi connectivity index (χ1v) is 10.3. The highest BCUT2D eigenvalue weighted by molar-refractivity contribution is 7.92. The van der Waals surface area contributed by atoms with Crippen molar-refractivity contribution in [3.05, 3.63) is 29.3 Å². The number of carbonyl (C=O) groups excluding carboxylic acids is 1. The van der Waals surface area contributed by atoms with Crippen LogP contribution in [0.1, 0.15) is 12.6 Å². The molecule has 0 saturated carbocycles. The van der Waals surface area contributed by atoms with Gasteiger partial charge in [0.05, 0.1) is 17.2 Å². The third-order valence-electron chi connectivity index (χ3n) is 2.82. The van der Waals surface area contributed by atoms with Gasteiger partial charge in [0, 0.05) is 6.07 Å². The molecule has 3 heterocycles. The standard InChI is InChI=1S/C13H12N4O5S3/c1-2-21-12(18)14-11-15-16-13(24-11)25(19,20)7-8-6-9(22-17-8)10-4-3-5-23-10/h3-6H,2,7H2,1H3,(H,14,15,18). The third-order valence-corrected chi connectivity index (χ3v) is 6.64. The average Bonchev–Trinajstić information content (AvgIpc) is 3.27. The number of ether oxygens (including phenoxy) is 1. The monoisotopic (exact) mass is 400 g/mol. The van der Waals surface area contributed by atoms with E-state index in [4.69, 9.17) is 9.26 Å². The molecular formula is C13H12N4O5S3. The molecule has 0 aliphatic carbocycles. The predicted molar refractivity (Wildman–Crippen MR) is 91.3 cm³/mol. The highest BCUT2D eigenvalue weighted by Crippen LogP contribution is 2.27. The number of rotatable bonds is 6. The van der Waals surface area contributed by atoms with Crippen LogP contribution in [-0.4, -0.2) is 36.5 Å². The molecule has 0 spiro atoms. The van der Waals surface area contributed by atoms with Crippen molar-refractivity contribution < 1.29 is 22.5 Å². The summed E-state index contributed by atoms with van der Waals surface area (Å²) in [5.74, 6) is 0.123. The average molecular weight is 400 g/mol. The van der Waals surface area contributed by atoms with Crippen molar-refractivity contribution in [2.75, 3.05) is 11.9 Å². The lowest BCUT2D eigenvalue weighted by molar-refractivity contribution is 0.168. The van der Waals surface area contributed by atoms with E-state index in [0.29, 0.717) is 5.76 Å². The zero-order chi connectivity index (χ0) is 17.9. The smallest absolute Gasteiger partial charge is 0.413 e. The van der Waals surface area contributed by atoms with Gasteiger partial charge in [-0.2, -0.15) is 0 Å². The van der Waals surface area contributed by atoms with Crippen molar-refractivity contribution in [3.63, 3.8) is 0 Å². The van der Waals surface area contributed by atoms with Crippen LogP contribution in [0.15, 0.2) is 32.4 Å². The van der Waals surface area contributed by atoms with E-state index in [9.17, 15) is 13.2 Å². The second-order valence-corrected chi connectivity index (χ2v) is 8.73. The third kappa shape index (κ3) is 4.21. The Morgan fingerprint density at radius 2 is 2.24 bits per heavy atom.